The zero-order valence-electron chi connectivity index (χ0n) is 32.6. The fraction of sp³-hybridized carbons (Fsp3) is 0.0345. The monoisotopic (exact) mass is 796 g/mol. The van der Waals surface area contributed by atoms with E-state index in [1.54, 1.807) is 0 Å². The van der Waals surface area contributed by atoms with Crippen LogP contribution in [0.3, 0.4) is 0 Å². The molecule has 0 radical (unpaired) electrons. The Morgan fingerprint density at radius 3 is 1.42 bits per heavy atom. The van der Waals surface area contributed by atoms with E-state index in [1.807, 2.05) is 23.1 Å². The summed E-state index contributed by atoms with van der Waals surface area (Å²) >= 11 is 3.92. The first kappa shape index (κ1) is 34.2. The summed E-state index contributed by atoms with van der Waals surface area (Å²) in [4.78, 5) is 1.38. The zero-order chi connectivity index (χ0) is 39.3. The number of allylic oxidation sites excluding steroid dienone is 3. The number of fused-ring (bicyclic) bond motifs is 10. The van der Waals surface area contributed by atoms with Crippen LogP contribution in [-0.4, -0.2) is 5.25 Å². The quantitative estimate of drug-likeness (QED) is 0.160. The van der Waals surface area contributed by atoms with Gasteiger partial charge in [0.1, 0.15) is 0 Å². The Bertz CT molecular complexity index is 3530. The van der Waals surface area contributed by atoms with E-state index in [0.717, 1.165) is 0 Å². The predicted molar refractivity (Wildman–Crippen MR) is 262 cm³/mol. The average Bonchev–Trinajstić information content (AvgIpc) is 3.88. The third kappa shape index (κ3) is 5.05. The molecule has 0 amide bonds. The molecule has 0 bridgehead atoms. The molecule has 0 saturated carbocycles. The topological polar surface area (TPSA) is 0 Å². The van der Waals surface area contributed by atoms with Gasteiger partial charge < -0.3 is 0 Å². The summed E-state index contributed by atoms with van der Waals surface area (Å²) in [6, 6.07) is 70.3. The minimum absolute atomic E-state index is 0.265. The number of thiophene rings is 1. The first-order valence-electron chi connectivity index (χ1n) is 20.8. The largest absolute Gasteiger partial charge is 0.135 e. The molecule has 0 N–H and O–H groups in total. The number of benzene rings is 10. The second kappa shape index (κ2) is 13.4. The molecule has 0 fully saturated rings. The van der Waals surface area contributed by atoms with Crippen LogP contribution in [-0.2, 0) is 0 Å². The van der Waals surface area contributed by atoms with Crippen molar-refractivity contribution in [1.29, 1.82) is 0 Å². The minimum atomic E-state index is 0.265. The molecule has 1 aromatic heterocycles. The maximum absolute atomic E-state index is 2.52. The first-order chi connectivity index (χ1) is 29.8. The molecule has 2 heterocycles. The molecule has 11 aromatic rings. The lowest BCUT2D eigenvalue weighted by Crippen LogP contribution is -2.14. The lowest BCUT2D eigenvalue weighted by molar-refractivity contribution is 0.895. The van der Waals surface area contributed by atoms with Gasteiger partial charge in [-0.05, 0) is 117 Å². The van der Waals surface area contributed by atoms with Crippen molar-refractivity contribution >= 4 is 91.9 Å². The van der Waals surface area contributed by atoms with E-state index in [4.69, 9.17) is 0 Å². The van der Waals surface area contributed by atoms with Crippen molar-refractivity contribution in [1.82, 2.24) is 0 Å². The summed E-state index contributed by atoms with van der Waals surface area (Å²) in [7, 11) is 0. The second-order valence-corrected chi connectivity index (χ2v) is 18.4. The molecule has 2 atom stereocenters. The van der Waals surface area contributed by atoms with Gasteiger partial charge in [0.05, 0.1) is 0 Å². The van der Waals surface area contributed by atoms with Crippen molar-refractivity contribution in [3.8, 4) is 33.4 Å². The summed E-state index contributed by atoms with van der Waals surface area (Å²) in [5.41, 5.74) is 11.9. The van der Waals surface area contributed by atoms with Crippen LogP contribution in [0.1, 0.15) is 17.0 Å². The summed E-state index contributed by atoms with van der Waals surface area (Å²) in [6.45, 7) is 0. The Kier molecular flexibility index (Phi) is 7.64. The molecule has 280 valence electrons. The van der Waals surface area contributed by atoms with E-state index < -0.39 is 0 Å². The molecule has 60 heavy (non-hydrogen) atoms. The third-order valence-electron chi connectivity index (χ3n) is 13.0. The molecular formula is C58H36S2. The van der Waals surface area contributed by atoms with Gasteiger partial charge in [-0.3, -0.25) is 0 Å². The van der Waals surface area contributed by atoms with Crippen molar-refractivity contribution < 1.29 is 0 Å². The lowest BCUT2D eigenvalue weighted by atomic mass is 9.79. The molecule has 13 rings (SSSR count). The van der Waals surface area contributed by atoms with Gasteiger partial charge in [-0.15, -0.1) is 23.1 Å². The van der Waals surface area contributed by atoms with Gasteiger partial charge in [-0.2, -0.15) is 0 Å². The fourth-order valence-electron chi connectivity index (χ4n) is 10.5. The highest BCUT2D eigenvalue weighted by Gasteiger charge is 2.37. The Labute approximate surface area is 356 Å². The molecule has 1 aliphatic carbocycles. The van der Waals surface area contributed by atoms with Crippen molar-refractivity contribution in [3.05, 3.63) is 217 Å². The van der Waals surface area contributed by atoms with Crippen LogP contribution >= 0.6 is 23.1 Å². The maximum atomic E-state index is 2.52. The van der Waals surface area contributed by atoms with Gasteiger partial charge in [-0.1, -0.05) is 182 Å². The van der Waals surface area contributed by atoms with E-state index in [9.17, 15) is 0 Å². The minimum Gasteiger partial charge on any atom is -0.135 e. The average molecular weight is 797 g/mol. The maximum Gasteiger partial charge on any atom is 0.0454 e. The molecular weight excluding hydrogens is 761 g/mol. The molecule has 1 aliphatic heterocycles. The van der Waals surface area contributed by atoms with Crippen molar-refractivity contribution in [2.75, 3.05) is 0 Å². The molecule has 10 aromatic carbocycles. The number of hydrogen-bond donors (Lipinski definition) is 0. The molecule has 2 heteroatoms. The highest BCUT2D eigenvalue weighted by molar-refractivity contribution is 8.00. The molecule has 2 unspecified atom stereocenters. The van der Waals surface area contributed by atoms with Crippen LogP contribution in [0.25, 0.3) is 102 Å². The molecule has 2 aliphatic rings. The van der Waals surface area contributed by atoms with Crippen LogP contribution in [0.4, 0.5) is 0 Å². The van der Waals surface area contributed by atoms with Crippen molar-refractivity contribution in [3.63, 3.8) is 0 Å². The van der Waals surface area contributed by atoms with Gasteiger partial charge in [0.25, 0.3) is 0 Å². The molecule has 0 spiro atoms. The Morgan fingerprint density at radius 1 is 0.350 bits per heavy atom. The van der Waals surface area contributed by atoms with E-state index >= 15 is 0 Å². The van der Waals surface area contributed by atoms with Crippen molar-refractivity contribution in [2.24, 2.45) is 0 Å². The Balaban J connectivity index is 0.960. The standard InChI is InChI=1S/C58H36S2/c1-2-15-35(16-3-1)54-44-22-8-10-24-46(44)57(47-25-11-9-23-45(47)54)49-27-14-26-48-50-33-36(30-32-52(50)60-58(48)49)55-40-18-4-6-20-42(40)56(43-21-7-5-19-41(43)55)37-29-31-39-38-17-12-13-28-51(38)59-53(39)34-37/h1-34,48,58H. The van der Waals surface area contributed by atoms with Gasteiger partial charge >= 0.3 is 0 Å². The smallest absolute Gasteiger partial charge is 0.0454 e. The van der Waals surface area contributed by atoms with E-state index in [2.05, 4.69) is 206 Å². The van der Waals surface area contributed by atoms with E-state index in [-0.39, 0.29) is 11.2 Å². The van der Waals surface area contributed by atoms with Crippen LogP contribution in [0.5, 0.6) is 0 Å². The molecule has 0 saturated heterocycles. The van der Waals surface area contributed by atoms with Gasteiger partial charge in [0.2, 0.25) is 0 Å². The fourth-order valence-corrected chi connectivity index (χ4v) is 13.1. The zero-order valence-corrected chi connectivity index (χ0v) is 34.2. The normalized spacial score (nSPS) is 16.0. The van der Waals surface area contributed by atoms with Crippen LogP contribution in [0.15, 0.2) is 211 Å². The highest BCUT2D eigenvalue weighted by Crippen LogP contribution is 2.56. The summed E-state index contributed by atoms with van der Waals surface area (Å²) < 4.78 is 2.67. The highest BCUT2D eigenvalue weighted by atomic mass is 32.2. The SMILES string of the molecule is C1=CC2c3cc(-c4c5ccccc5c(-c5ccc6c(c5)sc5ccccc56)c5ccccc45)ccc3SC2C(c2c3ccccc3c(-c3ccccc3)c3ccccc23)=C1. The van der Waals surface area contributed by atoms with Gasteiger partial charge in [-0.25, -0.2) is 0 Å². The molecule has 0 nitrogen and oxygen atoms in total. The number of thioether (sulfide) groups is 1. The summed E-state index contributed by atoms with van der Waals surface area (Å²) in [5.74, 6) is 0.265. The van der Waals surface area contributed by atoms with Gasteiger partial charge in [0.15, 0.2) is 0 Å². The summed E-state index contributed by atoms with van der Waals surface area (Å²) in [6.07, 6.45) is 7.16. The Morgan fingerprint density at radius 2 is 0.817 bits per heavy atom. The second-order valence-electron chi connectivity index (χ2n) is 16.2. The third-order valence-corrected chi connectivity index (χ3v) is 15.6. The first-order valence-corrected chi connectivity index (χ1v) is 22.5. The van der Waals surface area contributed by atoms with Crippen LogP contribution in [0.2, 0.25) is 0 Å². The predicted octanol–water partition coefficient (Wildman–Crippen LogP) is 16.9. The van der Waals surface area contributed by atoms with Crippen molar-refractivity contribution in [2.45, 2.75) is 16.1 Å². The van der Waals surface area contributed by atoms with Crippen LogP contribution in [0, 0.1) is 0 Å². The van der Waals surface area contributed by atoms with E-state index in [1.165, 1.54) is 118 Å². The Hall–Kier alpha value is -6.71. The van der Waals surface area contributed by atoms with E-state index in [0.29, 0.717) is 0 Å². The lowest BCUT2D eigenvalue weighted by Gasteiger charge is -2.26. The number of rotatable bonds is 4. The van der Waals surface area contributed by atoms with Gasteiger partial charge in [0, 0.05) is 36.2 Å². The van der Waals surface area contributed by atoms with Crippen LogP contribution < -0.4 is 0 Å². The number of hydrogen-bond acceptors (Lipinski definition) is 2. The summed E-state index contributed by atoms with van der Waals surface area (Å²) in [5, 5.41) is 13.4.